The number of amides is 2. The quantitative estimate of drug-likeness (QED) is 0.829. The topological polar surface area (TPSA) is 62.3 Å². The Hall–Kier alpha value is -2.00. The highest BCUT2D eigenvalue weighted by Gasteiger charge is 2.21. The van der Waals surface area contributed by atoms with Gasteiger partial charge in [0, 0.05) is 48.8 Å². The summed E-state index contributed by atoms with van der Waals surface area (Å²) in [5, 5.41) is 3.12. The van der Waals surface area contributed by atoms with Gasteiger partial charge in [0.2, 0.25) is 5.91 Å². The molecule has 0 spiro atoms. The standard InChI is InChI=1S/C16H15F2N3O2S2/c17-11-5-10(6-12(18)8-11)7-13-9-19-15(25-13)20-14(22)1-2-21-3-4-24-16(21)23/h5-6,8-9H,1-4,7H2,(H,19,20,22). The van der Waals surface area contributed by atoms with E-state index in [0.717, 1.165) is 16.7 Å². The molecule has 0 atom stereocenters. The van der Waals surface area contributed by atoms with E-state index in [-0.39, 0.29) is 17.6 Å². The largest absolute Gasteiger partial charge is 0.332 e. The Morgan fingerprint density at radius 2 is 2.04 bits per heavy atom. The first kappa shape index (κ1) is 17.8. The summed E-state index contributed by atoms with van der Waals surface area (Å²) in [7, 11) is 0. The fraction of sp³-hybridized carbons (Fsp3) is 0.312. The fourth-order valence-electron chi connectivity index (χ4n) is 2.41. The maximum atomic E-state index is 13.2. The average molecular weight is 383 g/mol. The van der Waals surface area contributed by atoms with Gasteiger partial charge in [0.25, 0.3) is 5.24 Å². The van der Waals surface area contributed by atoms with Gasteiger partial charge in [0.1, 0.15) is 11.6 Å². The SMILES string of the molecule is O=C(CCN1CCSC1=O)Nc1ncc(Cc2cc(F)cc(F)c2)s1. The van der Waals surface area contributed by atoms with Crippen LogP contribution < -0.4 is 5.32 Å². The molecule has 5 nitrogen and oxygen atoms in total. The zero-order valence-corrected chi connectivity index (χ0v) is 14.8. The summed E-state index contributed by atoms with van der Waals surface area (Å²) >= 11 is 2.51. The number of carbonyl (C=O) groups is 2. The molecule has 0 radical (unpaired) electrons. The van der Waals surface area contributed by atoms with Gasteiger partial charge in [-0.1, -0.05) is 11.8 Å². The number of nitrogens with zero attached hydrogens (tertiary/aromatic N) is 2. The van der Waals surface area contributed by atoms with E-state index in [1.165, 1.54) is 35.2 Å². The summed E-state index contributed by atoms with van der Waals surface area (Å²) in [6.45, 7) is 1.06. The van der Waals surface area contributed by atoms with Crippen molar-refractivity contribution in [2.24, 2.45) is 0 Å². The number of thiazole rings is 1. The lowest BCUT2D eigenvalue weighted by Gasteiger charge is -2.13. The van der Waals surface area contributed by atoms with Crippen LogP contribution in [0.25, 0.3) is 0 Å². The van der Waals surface area contributed by atoms with Crippen LogP contribution in [0.3, 0.4) is 0 Å². The van der Waals surface area contributed by atoms with Crippen molar-refractivity contribution < 1.29 is 18.4 Å². The minimum Gasteiger partial charge on any atom is -0.332 e. The second-order valence-electron chi connectivity index (χ2n) is 5.49. The Morgan fingerprint density at radius 1 is 1.28 bits per heavy atom. The molecule has 9 heteroatoms. The van der Waals surface area contributed by atoms with Gasteiger partial charge >= 0.3 is 0 Å². The molecule has 132 valence electrons. The summed E-state index contributed by atoms with van der Waals surface area (Å²) in [4.78, 5) is 29.9. The number of hydrogen-bond donors (Lipinski definition) is 1. The molecular weight excluding hydrogens is 368 g/mol. The Morgan fingerprint density at radius 3 is 2.72 bits per heavy atom. The predicted molar refractivity (Wildman–Crippen MR) is 94.0 cm³/mol. The first-order valence-corrected chi connectivity index (χ1v) is 9.41. The second-order valence-corrected chi connectivity index (χ2v) is 7.65. The monoisotopic (exact) mass is 383 g/mol. The minimum atomic E-state index is -0.623. The van der Waals surface area contributed by atoms with Crippen LogP contribution in [0.2, 0.25) is 0 Å². The number of halogens is 2. The molecule has 2 heterocycles. The highest BCUT2D eigenvalue weighted by molar-refractivity contribution is 8.13. The van der Waals surface area contributed by atoms with E-state index in [4.69, 9.17) is 0 Å². The number of anilines is 1. The maximum absolute atomic E-state index is 13.2. The zero-order valence-electron chi connectivity index (χ0n) is 13.1. The number of hydrogen-bond acceptors (Lipinski definition) is 5. The number of rotatable bonds is 6. The minimum absolute atomic E-state index is 0.00617. The van der Waals surface area contributed by atoms with Crippen LogP contribution >= 0.6 is 23.1 Å². The maximum Gasteiger partial charge on any atom is 0.281 e. The van der Waals surface area contributed by atoms with E-state index >= 15 is 0 Å². The van der Waals surface area contributed by atoms with Gasteiger partial charge in [-0.15, -0.1) is 11.3 Å². The Bertz CT molecular complexity index is 777. The van der Waals surface area contributed by atoms with Crippen LogP contribution in [0.5, 0.6) is 0 Å². The van der Waals surface area contributed by atoms with E-state index in [2.05, 4.69) is 10.3 Å². The van der Waals surface area contributed by atoms with Crippen molar-refractivity contribution in [1.82, 2.24) is 9.88 Å². The molecule has 0 unspecified atom stereocenters. The molecule has 0 aliphatic carbocycles. The van der Waals surface area contributed by atoms with Crippen molar-refractivity contribution in [3.8, 4) is 0 Å². The van der Waals surface area contributed by atoms with E-state index in [1.54, 1.807) is 11.1 Å². The molecule has 1 aliphatic heterocycles. The summed E-state index contributed by atoms with van der Waals surface area (Å²) in [5.74, 6) is -0.704. The molecular formula is C16H15F2N3O2S2. The van der Waals surface area contributed by atoms with Crippen LogP contribution in [0, 0.1) is 11.6 Å². The molecule has 2 amide bonds. The van der Waals surface area contributed by atoms with E-state index in [9.17, 15) is 18.4 Å². The molecule has 1 N–H and O–H groups in total. The van der Waals surface area contributed by atoms with Gasteiger partial charge in [-0.3, -0.25) is 9.59 Å². The van der Waals surface area contributed by atoms with Gasteiger partial charge in [-0.05, 0) is 17.7 Å². The summed E-state index contributed by atoms with van der Waals surface area (Å²) in [6, 6.07) is 3.36. The Kier molecular flexibility index (Phi) is 5.64. The van der Waals surface area contributed by atoms with E-state index in [1.807, 2.05) is 0 Å². The van der Waals surface area contributed by atoms with E-state index < -0.39 is 11.6 Å². The molecule has 1 aromatic heterocycles. The zero-order chi connectivity index (χ0) is 17.8. The molecule has 1 aliphatic rings. The first-order valence-electron chi connectivity index (χ1n) is 7.61. The van der Waals surface area contributed by atoms with Crippen molar-refractivity contribution in [2.45, 2.75) is 12.8 Å². The number of thioether (sulfide) groups is 1. The molecule has 3 rings (SSSR count). The number of aromatic nitrogens is 1. The average Bonchev–Trinajstić information content (AvgIpc) is 3.13. The third kappa shape index (κ3) is 4.99. The third-order valence-electron chi connectivity index (χ3n) is 3.55. The predicted octanol–water partition coefficient (Wildman–Crippen LogP) is 3.51. The Balaban J connectivity index is 1.52. The van der Waals surface area contributed by atoms with Crippen LogP contribution in [-0.4, -0.2) is 39.9 Å². The molecule has 0 bridgehead atoms. The third-order valence-corrected chi connectivity index (χ3v) is 5.36. The highest BCUT2D eigenvalue weighted by atomic mass is 32.2. The summed E-state index contributed by atoms with van der Waals surface area (Å²) in [5.41, 5.74) is 0.504. The first-order chi connectivity index (χ1) is 12.0. The molecule has 1 saturated heterocycles. The second kappa shape index (κ2) is 7.92. The van der Waals surface area contributed by atoms with Crippen LogP contribution in [0.15, 0.2) is 24.4 Å². The van der Waals surface area contributed by atoms with Crippen LogP contribution in [0.1, 0.15) is 16.9 Å². The van der Waals surface area contributed by atoms with Crippen molar-refractivity contribution in [2.75, 3.05) is 24.2 Å². The van der Waals surface area contributed by atoms with Gasteiger partial charge in [-0.2, -0.15) is 0 Å². The summed E-state index contributed by atoms with van der Waals surface area (Å²) in [6.07, 6.45) is 2.11. The van der Waals surface area contributed by atoms with Gasteiger partial charge < -0.3 is 10.2 Å². The fourth-order valence-corrected chi connectivity index (χ4v) is 4.12. The lowest BCUT2D eigenvalue weighted by atomic mass is 10.1. The molecule has 25 heavy (non-hydrogen) atoms. The molecule has 0 saturated carbocycles. The van der Waals surface area contributed by atoms with Crippen LogP contribution in [-0.2, 0) is 11.2 Å². The van der Waals surface area contributed by atoms with Crippen LogP contribution in [0.4, 0.5) is 18.7 Å². The van der Waals surface area contributed by atoms with Crippen molar-refractivity contribution in [3.63, 3.8) is 0 Å². The van der Waals surface area contributed by atoms with Gasteiger partial charge in [-0.25, -0.2) is 13.8 Å². The molecule has 2 aromatic rings. The van der Waals surface area contributed by atoms with Gasteiger partial charge in [0.15, 0.2) is 5.13 Å². The number of carbonyl (C=O) groups excluding carboxylic acids is 2. The van der Waals surface area contributed by atoms with Crippen molar-refractivity contribution in [1.29, 1.82) is 0 Å². The lowest BCUT2D eigenvalue weighted by Crippen LogP contribution is -2.27. The van der Waals surface area contributed by atoms with E-state index in [0.29, 0.717) is 30.2 Å². The van der Waals surface area contributed by atoms with Crippen molar-refractivity contribution in [3.05, 3.63) is 46.5 Å². The summed E-state index contributed by atoms with van der Waals surface area (Å²) < 4.78 is 26.4. The molecule has 1 fully saturated rings. The molecule has 1 aromatic carbocycles. The number of benzene rings is 1. The van der Waals surface area contributed by atoms with Crippen molar-refractivity contribution >= 4 is 39.4 Å². The highest BCUT2D eigenvalue weighted by Crippen LogP contribution is 2.22. The lowest BCUT2D eigenvalue weighted by molar-refractivity contribution is -0.116. The number of nitrogens with one attached hydrogen (secondary N) is 1. The Labute approximate surface area is 151 Å². The van der Waals surface area contributed by atoms with Gasteiger partial charge in [0.05, 0.1) is 0 Å². The smallest absolute Gasteiger partial charge is 0.281 e. The normalized spacial score (nSPS) is 14.2.